The Kier molecular flexibility index (Phi) is 12.2. The van der Waals surface area contributed by atoms with Gasteiger partial charge in [0.05, 0.1) is 12.4 Å². The summed E-state index contributed by atoms with van der Waals surface area (Å²) in [5.41, 5.74) is 0.562. The number of nitrogens with one attached hydrogen (secondary N) is 1. The van der Waals surface area contributed by atoms with Crippen LogP contribution in [0.25, 0.3) is 0 Å². The zero-order valence-electron chi connectivity index (χ0n) is 22.7. The van der Waals surface area contributed by atoms with E-state index in [-0.39, 0.29) is 18.3 Å². The topological polar surface area (TPSA) is 122 Å². The van der Waals surface area contributed by atoms with Gasteiger partial charge in [0.15, 0.2) is 0 Å². The summed E-state index contributed by atoms with van der Waals surface area (Å²) in [6.07, 6.45) is 5.22. The zero-order valence-corrected chi connectivity index (χ0v) is 23.5. The lowest BCUT2D eigenvalue weighted by Crippen LogP contribution is -2.41. The van der Waals surface area contributed by atoms with Gasteiger partial charge in [-0.25, -0.2) is 17.9 Å². The van der Waals surface area contributed by atoms with Gasteiger partial charge in [0.1, 0.15) is 17.4 Å². The van der Waals surface area contributed by atoms with E-state index in [0.717, 1.165) is 37.0 Å². The van der Waals surface area contributed by atoms with Crippen LogP contribution in [0.1, 0.15) is 78.2 Å². The first-order valence-corrected chi connectivity index (χ1v) is 15.0. The Morgan fingerprint density at radius 1 is 1.14 bits per heavy atom. The van der Waals surface area contributed by atoms with E-state index in [9.17, 15) is 23.1 Å². The number of hydrogen-bond donors (Lipinski definition) is 2. The number of carbonyl (C=O) groups excluding carboxylic acids is 1. The number of carbonyl (C=O) groups is 2. The van der Waals surface area contributed by atoms with Gasteiger partial charge in [-0.2, -0.15) is 0 Å². The first-order chi connectivity index (χ1) is 17.4. The molecule has 37 heavy (non-hydrogen) atoms. The van der Waals surface area contributed by atoms with Crippen molar-refractivity contribution in [2.24, 2.45) is 5.92 Å². The lowest BCUT2D eigenvalue weighted by Gasteiger charge is -2.33. The number of sulfonamides is 1. The van der Waals surface area contributed by atoms with Crippen LogP contribution in [0.2, 0.25) is 0 Å². The van der Waals surface area contributed by atoms with Crippen LogP contribution in [0.4, 0.5) is 4.79 Å². The number of aliphatic carboxylic acids is 1. The summed E-state index contributed by atoms with van der Waals surface area (Å²) >= 11 is 0. The Bertz CT molecular complexity index is 950. The maximum absolute atomic E-state index is 12.2. The first-order valence-electron chi connectivity index (χ1n) is 13.3. The molecular weight excluding hydrogens is 496 g/mol. The van der Waals surface area contributed by atoms with E-state index in [4.69, 9.17) is 9.47 Å². The van der Waals surface area contributed by atoms with E-state index >= 15 is 0 Å². The molecule has 9 nitrogen and oxygen atoms in total. The summed E-state index contributed by atoms with van der Waals surface area (Å²) in [5.74, 6) is 0.0842. The molecule has 1 aliphatic rings. The highest BCUT2D eigenvalue weighted by Crippen LogP contribution is 2.23. The minimum Gasteiger partial charge on any atom is -0.494 e. The summed E-state index contributed by atoms with van der Waals surface area (Å²) in [4.78, 5) is 25.5. The summed E-state index contributed by atoms with van der Waals surface area (Å²) in [7, 11) is -3.59. The number of unbranched alkanes of at least 4 members (excludes halogenated alkanes) is 1. The highest BCUT2D eigenvalue weighted by Gasteiger charge is 2.27. The first kappa shape index (κ1) is 30.9. The fourth-order valence-electron chi connectivity index (χ4n) is 4.18. The molecule has 0 unspecified atom stereocenters. The third-order valence-electron chi connectivity index (χ3n) is 6.33. The number of carboxylic acid groups (broad SMARTS) is 1. The molecule has 1 aromatic carbocycles. The minimum atomic E-state index is -3.59. The lowest BCUT2D eigenvalue weighted by atomic mass is 9.94. The van der Waals surface area contributed by atoms with Crippen molar-refractivity contribution in [2.45, 2.75) is 90.7 Å². The molecule has 2 rings (SSSR count). The molecule has 1 atom stereocenters. The van der Waals surface area contributed by atoms with Crippen LogP contribution >= 0.6 is 0 Å². The molecule has 10 heteroatoms. The van der Waals surface area contributed by atoms with Gasteiger partial charge in [0.25, 0.3) is 0 Å². The number of likely N-dealkylation sites (tertiary alicyclic amines) is 1. The molecule has 0 bridgehead atoms. The molecular formula is C27H44N2O7S. The second-order valence-electron chi connectivity index (χ2n) is 10.8. The second-order valence-corrected chi connectivity index (χ2v) is 12.6. The molecule has 210 valence electrons. The summed E-state index contributed by atoms with van der Waals surface area (Å²) < 4.78 is 37.8. The lowest BCUT2D eigenvalue weighted by molar-refractivity contribution is -0.139. The summed E-state index contributed by atoms with van der Waals surface area (Å²) in [5, 5.41) is 9.38. The Morgan fingerprint density at radius 3 is 2.35 bits per heavy atom. The third-order valence-corrected chi connectivity index (χ3v) is 7.80. The Hall–Kier alpha value is -2.33. The fourth-order valence-corrected chi connectivity index (χ4v) is 5.62. The maximum atomic E-state index is 12.2. The Morgan fingerprint density at radius 2 is 1.78 bits per heavy atom. The van der Waals surface area contributed by atoms with Crippen LogP contribution in [0.3, 0.4) is 0 Å². The van der Waals surface area contributed by atoms with Gasteiger partial charge in [-0.3, -0.25) is 4.79 Å². The highest BCUT2D eigenvalue weighted by molar-refractivity contribution is 7.89. The average Bonchev–Trinajstić information content (AvgIpc) is 2.82. The molecule has 2 N–H and O–H groups in total. The number of nitrogens with zero attached hydrogens (tertiary/aromatic N) is 1. The van der Waals surface area contributed by atoms with Crippen LogP contribution in [0, 0.1) is 5.92 Å². The number of rotatable bonds is 14. The van der Waals surface area contributed by atoms with Gasteiger partial charge >= 0.3 is 12.1 Å². The fraction of sp³-hybridized carbons (Fsp3) is 0.704. The van der Waals surface area contributed by atoms with Crippen molar-refractivity contribution in [3.63, 3.8) is 0 Å². The van der Waals surface area contributed by atoms with Gasteiger partial charge < -0.3 is 19.5 Å². The minimum absolute atomic E-state index is 0.0555. The molecule has 0 aromatic heterocycles. The van der Waals surface area contributed by atoms with Crippen molar-refractivity contribution >= 4 is 22.1 Å². The quantitative estimate of drug-likeness (QED) is 0.354. The molecule has 1 saturated heterocycles. The molecule has 0 aliphatic carbocycles. The molecule has 0 radical (unpaired) electrons. The van der Waals surface area contributed by atoms with E-state index in [1.807, 2.05) is 52.0 Å². The normalized spacial score (nSPS) is 15.8. The number of carboxylic acids is 1. The van der Waals surface area contributed by atoms with Gasteiger partial charge in [-0.1, -0.05) is 25.5 Å². The molecule has 1 fully saturated rings. The van der Waals surface area contributed by atoms with Crippen molar-refractivity contribution in [1.82, 2.24) is 9.62 Å². The van der Waals surface area contributed by atoms with Crippen LogP contribution < -0.4 is 9.46 Å². The monoisotopic (exact) mass is 540 g/mol. The maximum Gasteiger partial charge on any atom is 0.410 e. The van der Waals surface area contributed by atoms with Gasteiger partial charge in [0, 0.05) is 13.1 Å². The van der Waals surface area contributed by atoms with Crippen molar-refractivity contribution in [2.75, 3.05) is 25.4 Å². The average molecular weight is 541 g/mol. The molecule has 1 heterocycles. The van der Waals surface area contributed by atoms with Crippen LogP contribution in [0.15, 0.2) is 24.3 Å². The predicted octanol–water partition coefficient (Wildman–Crippen LogP) is 4.60. The summed E-state index contributed by atoms with van der Waals surface area (Å²) in [6, 6.07) is 6.61. The van der Waals surface area contributed by atoms with E-state index in [1.54, 1.807) is 4.90 Å². The number of amides is 1. The number of benzene rings is 1. The van der Waals surface area contributed by atoms with Gasteiger partial charge in [0.2, 0.25) is 10.0 Å². The zero-order chi connectivity index (χ0) is 27.5. The predicted molar refractivity (Wildman–Crippen MR) is 143 cm³/mol. The van der Waals surface area contributed by atoms with Crippen molar-refractivity contribution in [3.8, 4) is 5.75 Å². The van der Waals surface area contributed by atoms with Crippen molar-refractivity contribution < 1.29 is 32.6 Å². The van der Waals surface area contributed by atoms with E-state index in [2.05, 4.69) is 4.72 Å². The number of aryl methyl sites for hydroxylation is 1. The second kappa shape index (κ2) is 14.6. The molecule has 1 aliphatic heterocycles. The smallest absolute Gasteiger partial charge is 0.410 e. The number of piperidine rings is 1. The summed E-state index contributed by atoms with van der Waals surface area (Å²) in [6.45, 7) is 9.53. The van der Waals surface area contributed by atoms with E-state index < -0.39 is 27.6 Å². The molecule has 1 aromatic rings. The van der Waals surface area contributed by atoms with Crippen molar-refractivity contribution in [3.05, 3.63) is 29.8 Å². The van der Waals surface area contributed by atoms with Gasteiger partial charge in [-0.15, -0.1) is 0 Å². The molecule has 1 amide bonds. The number of hydrogen-bond acceptors (Lipinski definition) is 6. The highest BCUT2D eigenvalue weighted by atomic mass is 32.2. The van der Waals surface area contributed by atoms with Crippen LogP contribution in [-0.4, -0.2) is 67.6 Å². The molecule has 0 spiro atoms. The van der Waals surface area contributed by atoms with E-state index in [0.29, 0.717) is 44.9 Å². The Labute approximate surface area is 222 Å². The Balaban J connectivity index is 1.68. The standard InChI is InChI=1S/C27H44N2O7S/c1-5-6-20-37(33,34)28-24(25(30)31)9-7-8-21-10-12-23(13-11-21)35-19-16-22-14-17-29(18-15-22)26(32)36-27(2,3)4/h10-13,22,24,28H,5-9,14-20H2,1-4H3,(H,30,31)/t24-/m0/s1. The largest absolute Gasteiger partial charge is 0.494 e. The third kappa shape index (κ3) is 12.2. The van der Waals surface area contributed by atoms with Crippen LogP contribution in [0.5, 0.6) is 5.75 Å². The number of ether oxygens (including phenoxy) is 2. The molecule has 0 saturated carbocycles. The van der Waals surface area contributed by atoms with Gasteiger partial charge in [-0.05, 0) is 89.3 Å². The van der Waals surface area contributed by atoms with E-state index in [1.165, 1.54) is 0 Å². The SMILES string of the molecule is CCCCS(=O)(=O)N[C@@H](CCCc1ccc(OCCC2CCN(C(=O)OC(C)(C)C)CC2)cc1)C(=O)O. The van der Waals surface area contributed by atoms with Crippen molar-refractivity contribution in [1.29, 1.82) is 0 Å². The van der Waals surface area contributed by atoms with Crippen LogP contribution in [-0.2, 0) is 26.0 Å².